The van der Waals surface area contributed by atoms with Crippen molar-refractivity contribution in [1.82, 2.24) is 0 Å². The number of hydrogen-bond acceptors (Lipinski definition) is 3. The number of ether oxygens (including phenoxy) is 2. The fourth-order valence-corrected chi connectivity index (χ4v) is 2.45. The second kappa shape index (κ2) is 5.19. The van der Waals surface area contributed by atoms with E-state index in [0.29, 0.717) is 6.42 Å². The summed E-state index contributed by atoms with van der Waals surface area (Å²) < 4.78 is 10.5. The molecule has 1 aliphatic rings. The molecule has 1 saturated carbocycles. The van der Waals surface area contributed by atoms with Crippen LogP contribution < -0.4 is 9.47 Å². The molecule has 1 aliphatic carbocycles. The average molecular weight is 250 g/mol. The number of rotatable bonds is 6. The summed E-state index contributed by atoms with van der Waals surface area (Å²) in [6.45, 7) is 1.92. The van der Waals surface area contributed by atoms with E-state index in [-0.39, 0.29) is 0 Å². The van der Waals surface area contributed by atoms with Crippen molar-refractivity contribution in [1.29, 1.82) is 0 Å². The predicted molar refractivity (Wildman–Crippen MR) is 71.2 cm³/mol. The van der Waals surface area contributed by atoms with Crippen LogP contribution in [0.1, 0.15) is 31.7 Å². The van der Waals surface area contributed by atoms with Crippen molar-refractivity contribution in [2.24, 2.45) is 5.92 Å². The summed E-state index contributed by atoms with van der Waals surface area (Å²) in [5.41, 5.74) is 0.458. The van der Waals surface area contributed by atoms with Crippen LogP contribution in [0.4, 0.5) is 0 Å². The third-order valence-corrected chi connectivity index (χ3v) is 3.46. The van der Waals surface area contributed by atoms with Crippen LogP contribution in [0.15, 0.2) is 18.2 Å². The van der Waals surface area contributed by atoms with Crippen molar-refractivity contribution in [3.8, 4) is 11.5 Å². The largest absolute Gasteiger partial charge is 0.493 e. The zero-order chi connectivity index (χ0) is 13.2. The Bertz CT molecular complexity index is 408. The fourth-order valence-electron chi connectivity index (χ4n) is 2.45. The Labute approximate surface area is 109 Å². The van der Waals surface area contributed by atoms with E-state index in [1.807, 2.05) is 25.1 Å². The van der Waals surface area contributed by atoms with E-state index in [1.54, 1.807) is 14.2 Å². The Morgan fingerprint density at radius 2 is 1.89 bits per heavy atom. The minimum absolute atomic E-state index is 0.624. The van der Waals surface area contributed by atoms with Gasteiger partial charge in [-0.3, -0.25) is 0 Å². The van der Waals surface area contributed by atoms with E-state index in [0.717, 1.165) is 29.4 Å². The molecule has 1 fully saturated rings. The second-order valence-electron chi connectivity index (χ2n) is 5.51. The highest BCUT2D eigenvalue weighted by Crippen LogP contribution is 2.38. The van der Waals surface area contributed by atoms with Crippen molar-refractivity contribution in [3.05, 3.63) is 23.8 Å². The number of aliphatic hydroxyl groups is 1. The summed E-state index contributed by atoms with van der Waals surface area (Å²) in [6.07, 6.45) is 4.08. The van der Waals surface area contributed by atoms with Gasteiger partial charge in [0, 0.05) is 6.42 Å². The van der Waals surface area contributed by atoms with Crippen molar-refractivity contribution in [2.75, 3.05) is 14.2 Å². The predicted octanol–water partition coefficient (Wildman–Crippen LogP) is 2.80. The standard InChI is InChI=1S/C15H22O3/c1-15(16,9-11-4-5-11)10-12-6-7-13(17-2)14(8-12)18-3/h6-8,11,16H,4-5,9-10H2,1-3H3. The van der Waals surface area contributed by atoms with Crippen molar-refractivity contribution >= 4 is 0 Å². The summed E-state index contributed by atoms with van der Waals surface area (Å²) in [6, 6.07) is 5.82. The first-order valence-electron chi connectivity index (χ1n) is 6.47. The van der Waals surface area contributed by atoms with E-state index in [1.165, 1.54) is 12.8 Å². The SMILES string of the molecule is COc1ccc(CC(C)(O)CC2CC2)cc1OC. The Hall–Kier alpha value is -1.22. The molecule has 0 bridgehead atoms. The third kappa shape index (κ3) is 3.39. The van der Waals surface area contributed by atoms with E-state index in [9.17, 15) is 5.11 Å². The van der Waals surface area contributed by atoms with Crippen molar-refractivity contribution in [3.63, 3.8) is 0 Å². The van der Waals surface area contributed by atoms with Gasteiger partial charge in [-0.05, 0) is 37.0 Å². The molecule has 2 rings (SSSR count). The monoisotopic (exact) mass is 250 g/mol. The lowest BCUT2D eigenvalue weighted by Crippen LogP contribution is -2.27. The van der Waals surface area contributed by atoms with Crippen LogP contribution >= 0.6 is 0 Å². The average Bonchev–Trinajstić information content (AvgIpc) is 3.11. The third-order valence-electron chi connectivity index (χ3n) is 3.46. The quantitative estimate of drug-likeness (QED) is 0.843. The van der Waals surface area contributed by atoms with Gasteiger partial charge in [-0.25, -0.2) is 0 Å². The van der Waals surface area contributed by atoms with Gasteiger partial charge in [0.2, 0.25) is 0 Å². The molecule has 18 heavy (non-hydrogen) atoms. The van der Waals surface area contributed by atoms with E-state index < -0.39 is 5.60 Å². The van der Waals surface area contributed by atoms with Crippen LogP contribution in [0.25, 0.3) is 0 Å². The minimum Gasteiger partial charge on any atom is -0.493 e. The van der Waals surface area contributed by atoms with Crippen LogP contribution in [-0.4, -0.2) is 24.9 Å². The van der Waals surface area contributed by atoms with Crippen LogP contribution in [-0.2, 0) is 6.42 Å². The molecule has 1 N–H and O–H groups in total. The van der Waals surface area contributed by atoms with Crippen LogP contribution in [0.5, 0.6) is 11.5 Å². The highest BCUT2D eigenvalue weighted by molar-refractivity contribution is 5.43. The molecule has 1 atom stereocenters. The van der Waals surface area contributed by atoms with Gasteiger partial charge in [-0.15, -0.1) is 0 Å². The van der Waals surface area contributed by atoms with Gasteiger partial charge in [0.15, 0.2) is 11.5 Å². The summed E-state index contributed by atoms with van der Waals surface area (Å²) in [5, 5.41) is 10.4. The van der Waals surface area contributed by atoms with Gasteiger partial charge in [0.05, 0.1) is 19.8 Å². The number of methoxy groups -OCH3 is 2. The summed E-state index contributed by atoms with van der Waals surface area (Å²) in [4.78, 5) is 0. The first-order chi connectivity index (χ1) is 8.54. The van der Waals surface area contributed by atoms with Crippen LogP contribution in [0.3, 0.4) is 0 Å². The zero-order valence-electron chi connectivity index (χ0n) is 11.4. The fraction of sp³-hybridized carbons (Fsp3) is 0.600. The smallest absolute Gasteiger partial charge is 0.160 e. The molecule has 1 unspecified atom stereocenters. The molecule has 1 aromatic rings. The van der Waals surface area contributed by atoms with Gasteiger partial charge in [-0.2, -0.15) is 0 Å². The van der Waals surface area contributed by atoms with Gasteiger partial charge >= 0.3 is 0 Å². The van der Waals surface area contributed by atoms with E-state index in [2.05, 4.69) is 0 Å². The molecule has 0 radical (unpaired) electrons. The van der Waals surface area contributed by atoms with Crippen molar-refractivity contribution in [2.45, 2.75) is 38.2 Å². The topological polar surface area (TPSA) is 38.7 Å². The zero-order valence-corrected chi connectivity index (χ0v) is 11.4. The second-order valence-corrected chi connectivity index (χ2v) is 5.51. The lowest BCUT2D eigenvalue weighted by atomic mass is 9.91. The Morgan fingerprint density at radius 1 is 1.22 bits per heavy atom. The van der Waals surface area contributed by atoms with Gasteiger partial charge < -0.3 is 14.6 Å². The normalized spacial score (nSPS) is 18.2. The molecule has 0 saturated heterocycles. The van der Waals surface area contributed by atoms with Gasteiger partial charge in [0.1, 0.15) is 0 Å². The molecule has 1 aromatic carbocycles. The van der Waals surface area contributed by atoms with E-state index in [4.69, 9.17) is 9.47 Å². The van der Waals surface area contributed by atoms with Crippen LogP contribution in [0.2, 0.25) is 0 Å². The molecular formula is C15H22O3. The highest BCUT2D eigenvalue weighted by atomic mass is 16.5. The van der Waals surface area contributed by atoms with Gasteiger partial charge in [0.25, 0.3) is 0 Å². The molecule has 0 amide bonds. The highest BCUT2D eigenvalue weighted by Gasteiger charge is 2.31. The number of benzene rings is 1. The molecular weight excluding hydrogens is 228 g/mol. The molecule has 0 aliphatic heterocycles. The minimum atomic E-state index is -0.624. The summed E-state index contributed by atoms with van der Waals surface area (Å²) >= 11 is 0. The number of hydrogen-bond donors (Lipinski definition) is 1. The van der Waals surface area contributed by atoms with Gasteiger partial charge in [-0.1, -0.05) is 18.9 Å². The van der Waals surface area contributed by atoms with Crippen molar-refractivity contribution < 1.29 is 14.6 Å². The maximum Gasteiger partial charge on any atom is 0.160 e. The Balaban J connectivity index is 2.08. The lowest BCUT2D eigenvalue weighted by Gasteiger charge is -2.23. The first kappa shape index (κ1) is 13.2. The Kier molecular flexibility index (Phi) is 3.81. The summed E-state index contributed by atoms with van der Waals surface area (Å²) in [7, 11) is 3.25. The molecule has 0 aromatic heterocycles. The molecule has 3 nitrogen and oxygen atoms in total. The molecule has 0 heterocycles. The first-order valence-corrected chi connectivity index (χ1v) is 6.47. The molecule has 0 spiro atoms. The lowest BCUT2D eigenvalue weighted by molar-refractivity contribution is 0.0454. The summed E-state index contributed by atoms with van der Waals surface area (Å²) in [5.74, 6) is 2.17. The van der Waals surface area contributed by atoms with Crippen LogP contribution in [0, 0.1) is 5.92 Å². The molecule has 3 heteroatoms. The molecule has 100 valence electrons. The maximum atomic E-state index is 10.4. The van der Waals surface area contributed by atoms with E-state index >= 15 is 0 Å². The Morgan fingerprint density at radius 3 is 2.44 bits per heavy atom. The maximum absolute atomic E-state index is 10.4.